The minimum atomic E-state index is -0.406. The second kappa shape index (κ2) is 10.3. The van der Waals surface area contributed by atoms with Gasteiger partial charge >= 0.3 is 0 Å². The third-order valence-corrected chi connectivity index (χ3v) is 9.74. The maximum absolute atomic E-state index is 9.55. The van der Waals surface area contributed by atoms with E-state index in [4.69, 9.17) is 5.48 Å². The summed E-state index contributed by atoms with van der Waals surface area (Å²) in [5, 5.41) is 10.9. The molecule has 0 nitrogen and oxygen atoms in total. The predicted octanol–water partition coefficient (Wildman–Crippen LogP) is 13.0. The summed E-state index contributed by atoms with van der Waals surface area (Å²) in [4.78, 5) is 0. The fraction of sp³-hybridized carbons (Fsp3) is 0.0213. The molecule has 10 aromatic carbocycles. The molecule has 0 saturated carbocycles. The highest BCUT2D eigenvalue weighted by Gasteiger charge is 2.20. The first-order valence-electron chi connectivity index (χ1n) is 19.8. The number of benzene rings is 10. The third kappa shape index (κ3) is 3.89. The Kier molecular flexibility index (Phi) is 4.27. The van der Waals surface area contributed by atoms with Crippen molar-refractivity contribution in [1.29, 1.82) is 0 Å². The van der Waals surface area contributed by atoms with Crippen LogP contribution in [0.15, 0.2) is 170 Å². The maximum Gasteiger partial charge on any atom is 0.0629 e. The van der Waals surface area contributed by atoms with E-state index in [0.29, 0.717) is 16.7 Å². The van der Waals surface area contributed by atoms with Crippen LogP contribution in [0, 0.1) is 0 Å². The lowest BCUT2D eigenvalue weighted by Crippen LogP contribution is -1.97. The lowest BCUT2D eigenvalue weighted by Gasteiger charge is -2.21. The monoisotopic (exact) mass is 602 g/mol. The van der Waals surface area contributed by atoms with E-state index in [2.05, 4.69) is 36.4 Å². The Hall–Kier alpha value is -5.98. The van der Waals surface area contributed by atoms with Crippen LogP contribution in [-0.4, -0.2) is 0 Å². The molecule has 0 heteroatoms. The summed E-state index contributed by atoms with van der Waals surface area (Å²) in [5.41, 5.74) is 2.31. The van der Waals surface area contributed by atoms with Crippen LogP contribution in [-0.2, 0) is 6.42 Å². The highest BCUT2D eigenvalue weighted by Crippen LogP contribution is 2.47. The number of hydrogen-bond acceptors (Lipinski definition) is 0. The van der Waals surface area contributed by atoms with Crippen molar-refractivity contribution in [3.05, 3.63) is 181 Å². The third-order valence-electron chi connectivity index (χ3n) is 9.74. The lowest BCUT2D eigenvalue weighted by atomic mass is 9.82. The zero-order valence-electron chi connectivity index (χ0n) is 33.3. The quantitative estimate of drug-likeness (QED) is 0.139. The summed E-state index contributed by atoms with van der Waals surface area (Å²) in [7, 11) is 0. The molecule has 0 aliphatic carbocycles. The highest BCUT2D eigenvalue weighted by molar-refractivity contribution is 6.34. The van der Waals surface area contributed by atoms with Crippen LogP contribution < -0.4 is 0 Å². The van der Waals surface area contributed by atoms with Crippen LogP contribution in [0.2, 0.25) is 0 Å². The molecule has 218 valence electrons. The molecule has 0 bridgehead atoms. The molecule has 0 spiro atoms. The second-order valence-corrected chi connectivity index (χ2v) is 12.2. The first-order chi connectivity index (χ1) is 26.7. The molecular weight excluding hydrogens is 565 g/mol. The fourth-order valence-corrected chi connectivity index (χ4v) is 7.76. The van der Waals surface area contributed by atoms with Crippen LogP contribution in [0.3, 0.4) is 0 Å². The average molecular weight is 603 g/mol. The highest BCUT2D eigenvalue weighted by atomic mass is 14.2. The molecular formula is C47H30. The van der Waals surface area contributed by atoms with Crippen molar-refractivity contribution in [2.24, 2.45) is 0 Å². The van der Waals surface area contributed by atoms with E-state index in [-0.39, 0.29) is 52.1 Å². The molecule has 0 N–H and O–H groups in total. The average Bonchev–Trinajstić information content (AvgIpc) is 3.22. The van der Waals surface area contributed by atoms with Gasteiger partial charge in [0.25, 0.3) is 0 Å². The Bertz CT molecular complexity index is 3250. The molecule has 0 fully saturated rings. The largest absolute Gasteiger partial charge is 0.0629 e. The molecule has 10 aromatic rings. The van der Waals surface area contributed by atoms with Crippen molar-refractivity contribution in [3.63, 3.8) is 0 Å². The summed E-state index contributed by atoms with van der Waals surface area (Å²) in [5.74, 6) is 0. The van der Waals surface area contributed by atoms with E-state index < -0.39 is 24.2 Å². The van der Waals surface area contributed by atoms with Crippen molar-refractivity contribution in [3.8, 4) is 11.1 Å². The smallest absolute Gasteiger partial charge is 0.0616 e. The molecule has 0 saturated heterocycles. The van der Waals surface area contributed by atoms with E-state index in [9.17, 15) is 5.48 Å². The van der Waals surface area contributed by atoms with E-state index in [1.165, 1.54) is 0 Å². The Morgan fingerprint density at radius 1 is 0.383 bits per heavy atom. The predicted molar refractivity (Wildman–Crippen MR) is 204 cm³/mol. The molecule has 0 aliphatic rings. The van der Waals surface area contributed by atoms with Gasteiger partial charge in [-0.2, -0.15) is 0 Å². The minimum absolute atomic E-state index is 0.175. The van der Waals surface area contributed by atoms with Crippen molar-refractivity contribution in [2.45, 2.75) is 6.42 Å². The molecule has 0 atom stereocenters. The minimum Gasteiger partial charge on any atom is -0.0616 e. The van der Waals surface area contributed by atoms with Gasteiger partial charge in [-0.05, 0) is 110 Å². The van der Waals surface area contributed by atoms with Crippen molar-refractivity contribution >= 4 is 75.4 Å². The van der Waals surface area contributed by atoms with Crippen LogP contribution in [0.5, 0.6) is 0 Å². The van der Waals surface area contributed by atoms with Gasteiger partial charge in [-0.15, -0.1) is 0 Å². The number of fused-ring (bicyclic) bond motifs is 11. The first kappa shape index (κ1) is 19.5. The van der Waals surface area contributed by atoms with Crippen molar-refractivity contribution in [1.82, 2.24) is 0 Å². The van der Waals surface area contributed by atoms with Gasteiger partial charge < -0.3 is 0 Å². The molecule has 47 heavy (non-hydrogen) atoms. The topological polar surface area (TPSA) is 0 Å². The Balaban J connectivity index is 1.49. The Morgan fingerprint density at radius 3 is 1.51 bits per heavy atom. The summed E-state index contributed by atoms with van der Waals surface area (Å²) >= 11 is 0. The summed E-state index contributed by atoms with van der Waals surface area (Å²) in [6, 6.07) is 37.8. The van der Waals surface area contributed by atoms with Crippen LogP contribution >= 0.6 is 0 Å². The molecule has 0 aliphatic heterocycles. The van der Waals surface area contributed by atoms with Gasteiger partial charge in [0, 0.05) is 0 Å². The molecule has 10 rings (SSSR count). The van der Waals surface area contributed by atoms with Gasteiger partial charge in [0.05, 0.1) is 11.0 Å². The van der Waals surface area contributed by atoms with Crippen LogP contribution in [0.4, 0.5) is 0 Å². The van der Waals surface area contributed by atoms with Crippen molar-refractivity contribution in [2.75, 3.05) is 0 Å². The Labute approximate surface area is 284 Å². The van der Waals surface area contributed by atoms with Crippen LogP contribution in [0.25, 0.3) is 86.5 Å². The molecule has 0 unspecified atom stereocenters. The molecule has 0 aromatic heterocycles. The van der Waals surface area contributed by atoms with Gasteiger partial charge in [0.1, 0.15) is 0 Å². The van der Waals surface area contributed by atoms with Gasteiger partial charge in [-0.1, -0.05) is 164 Å². The van der Waals surface area contributed by atoms with Gasteiger partial charge in [0.2, 0.25) is 0 Å². The van der Waals surface area contributed by atoms with Crippen molar-refractivity contribution < 1.29 is 11.0 Å². The fourth-order valence-electron chi connectivity index (χ4n) is 7.76. The molecule has 0 heterocycles. The SMILES string of the molecule is [2H]c1c([2H])c([2H])c2c(-c3cc4c5ccccc5c5ccccc5c4c4ccccc34)c3c([2H])c([2H])c([2H])c([2H])c3c(Cc3cccc4ccccc34)c2c1[2H]. The zero-order chi connectivity index (χ0) is 37.9. The lowest BCUT2D eigenvalue weighted by molar-refractivity contribution is 1.26. The van der Waals surface area contributed by atoms with Crippen LogP contribution in [0.1, 0.15) is 22.1 Å². The van der Waals surface area contributed by atoms with Gasteiger partial charge in [-0.3, -0.25) is 0 Å². The zero-order valence-corrected chi connectivity index (χ0v) is 25.3. The normalized spacial score (nSPS) is 14.3. The van der Waals surface area contributed by atoms with E-state index in [1.807, 2.05) is 84.9 Å². The van der Waals surface area contributed by atoms with E-state index >= 15 is 0 Å². The first-order valence-corrected chi connectivity index (χ1v) is 15.8. The maximum atomic E-state index is 9.55. The standard InChI is InChI=1S/C47H30/c1-2-17-32-30(14-1)15-13-16-31(32)28-43-36-21-6-10-25-40(36)47(41-26-11-7-22-37(41)43)45-29-44-35-20-4-3-18-33(35)34-19-5-9-24-39(34)46(44)42-27-12-8-23-38(42)45/h1-27,29H,28H2/i6D,7D,10D,11D,21D,22D,25D,26D. The van der Waals surface area contributed by atoms with E-state index in [1.54, 1.807) is 0 Å². The second-order valence-electron chi connectivity index (χ2n) is 12.2. The Morgan fingerprint density at radius 2 is 0.851 bits per heavy atom. The summed E-state index contributed by atoms with van der Waals surface area (Å²) < 4.78 is 73.7. The van der Waals surface area contributed by atoms with Gasteiger partial charge in [-0.25, -0.2) is 0 Å². The van der Waals surface area contributed by atoms with E-state index in [0.717, 1.165) is 59.4 Å². The summed E-state index contributed by atoms with van der Waals surface area (Å²) in [6.07, 6.45) is 0.175. The van der Waals surface area contributed by atoms with Gasteiger partial charge in [0.15, 0.2) is 0 Å². The molecule has 0 amide bonds. The number of hydrogen-bond donors (Lipinski definition) is 0. The molecule has 0 radical (unpaired) electrons. The summed E-state index contributed by atoms with van der Waals surface area (Å²) in [6.45, 7) is 0. The number of rotatable bonds is 3.